The lowest BCUT2D eigenvalue weighted by Gasteiger charge is -2.29. The van der Waals surface area contributed by atoms with Gasteiger partial charge in [0.15, 0.2) is 0 Å². The van der Waals surface area contributed by atoms with E-state index in [9.17, 15) is 14.7 Å². The van der Waals surface area contributed by atoms with Crippen LogP contribution in [0.3, 0.4) is 0 Å². The van der Waals surface area contributed by atoms with Gasteiger partial charge in [0, 0.05) is 11.4 Å². The van der Waals surface area contributed by atoms with Crippen LogP contribution in [0.1, 0.15) is 31.7 Å². The summed E-state index contributed by atoms with van der Waals surface area (Å²) in [6.45, 7) is 3.35. The molecule has 0 aliphatic carbocycles. The van der Waals surface area contributed by atoms with E-state index in [4.69, 9.17) is 10.00 Å². The van der Waals surface area contributed by atoms with Crippen molar-refractivity contribution in [2.75, 3.05) is 6.61 Å². The van der Waals surface area contributed by atoms with Gasteiger partial charge in [-0.05, 0) is 19.4 Å². The van der Waals surface area contributed by atoms with E-state index >= 15 is 0 Å². The molecule has 0 radical (unpaired) electrons. The lowest BCUT2D eigenvalue weighted by Crippen LogP contribution is -2.31. The molecule has 2 rings (SSSR count). The van der Waals surface area contributed by atoms with Crippen molar-refractivity contribution in [2.24, 2.45) is 0 Å². The van der Waals surface area contributed by atoms with E-state index < -0.39 is 17.9 Å². The summed E-state index contributed by atoms with van der Waals surface area (Å²) in [5.74, 6) is -2.43. The van der Waals surface area contributed by atoms with Gasteiger partial charge in [-0.1, -0.05) is 30.3 Å². The van der Waals surface area contributed by atoms with Gasteiger partial charge in [-0.25, -0.2) is 9.59 Å². The first-order valence-electron chi connectivity index (χ1n) is 7.48. The maximum Gasteiger partial charge on any atom is 0.336 e. The number of hydrogen-bond donors (Lipinski definition) is 2. The molecule has 1 atom stereocenters. The Hall–Kier alpha value is -3.07. The van der Waals surface area contributed by atoms with Crippen molar-refractivity contribution in [3.05, 3.63) is 58.4 Å². The predicted octanol–water partition coefficient (Wildman–Crippen LogP) is 2.46. The van der Waals surface area contributed by atoms with Gasteiger partial charge in [-0.2, -0.15) is 5.26 Å². The van der Waals surface area contributed by atoms with Gasteiger partial charge >= 0.3 is 11.9 Å². The smallest absolute Gasteiger partial charge is 0.336 e. The fraction of sp³-hybridized carbons (Fsp3) is 0.278. The number of rotatable bonds is 5. The van der Waals surface area contributed by atoms with Crippen LogP contribution in [0.25, 0.3) is 0 Å². The largest absolute Gasteiger partial charge is 0.478 e. The van der Waals surface area contributed by atoms with Gasteiger partial charge in [0.1, 0.15) is 6.61 Å². The number of ether oxygens (including phenoxy) is 1. The number of carboxylic acid groups (broad SMARTS) is 1. The molecule has 1 aromatic rings. The van der Waals surface area contributed by atoms with E-state index in [1.54, 1.807) is 38.1 Å². The van der Waals surface area contributed by atoms with Gasteiger partial charge in [0.05, 0.1) is 29.6 Å². The van der Waals surface area contributed by atoms with Crippen molar-refractivity contribution < 1.29 is 19.4 Å². The van der Waals surface area contributed by atoms with Crippen LogP contribution in [0.4, 0.5) is 0 Å². The SMILES string of the molecule is CC1=C(C(=O)O)C(c2ccccc2)C(C(=O)OCCC#N)=C(C)N1. The Labute approximate surface area is 140 Å². The fourth-order valence-corrected chi connectivity index (χ4v) is 2.79. The van der Waals surface area contributed by atoms with Gasteiger partial charge in [-0.15, -0.1) is 0 Å². The van der Waals surface area contributed by atoms with Crippen LogP contribution < -0.4 is 5.32 Å². The summed E-state index contributed by atoms with van der Waals surface area (Å²) in [7, 11) is 0. The van der Waals surface area contributed by atoms with Crippen molar-refractivity contribution in [3.63, 3.8) is 0 Å². The number of carboxylic acids is 1. The Bertz CT molecular complexity index is 757. The molecule has 1 unspecified atom stereocenters. The summed E-state index contributed by atoms with van der Waals surface area (Å²) in [5.41, 5.74) is 2.10. The highest BCUT2D eigenvalue weighted by atomic mass is 16.5. The average molecular weight is 326 g/mol. The number of esters is 1. The molecular formula is C18H18N2O4. The van der Waals surface area contributed by atoms with Crippen LogP contribution in [-0.2, 0) is 14.3 Å². The van der Waals surface area contributed by atoms with Crippen molar-refractivity contribution in [2.45, 2.75) is 26.2 Å². The minimum absolute atomic E-state index is 0.0290. The Morgan fingerprint density at radius 1 is 1.21 bits per heavy atom. The van der Waals surface area contributed by atoms with Crippen LogP contribution >= 0.6 is 0 Å². The second kappa shape index (κ2) is 7.47. The van der Waals surface area contributed by atoms with Crippen LogP contribution in [0.15, 0.2) is 52.9 Å². The number of carbonyl (C=O) groups is 2. The summed E-state index contributed by atoms with van der Waals surface area (Å²) >= 11 is 0. The molecule has 0 amide bonds. The lowest BCUT2D eigenvalue weighted by molar-refractivity contribution is -0.139. The zero-order chi connectivity index (χ0) is 17.7. The summed E-state index contributed by atoms with van der Waals surface area (Å²) in [5, 5.41) is 21.1. The maximum absolute atomic E-state index is 12.5. The minimum atomic E-state index is -1.09. The molecule has 0 fully saturated rings. The predicted molar refractivity (Wildman–Crippen MR) is 86.5 cm³/mol. The standard InChI is InChI=1S/C18H18N2O4/c1-11-14(17(21)22)16(13-7-4-3-5-8-13)15(12(2)20-11)18(23)24-10-6-9-19/h3-5,7-8,16,20H,6,10H2,1-2H3,(H,21,22). The zero-order valence-electron chi connectivity index (χ0n) is 13.5. The summed E-state index contributed by atoms with van der Waals surface area (Å²) < 4.78 is 5.13. The molecule has 124 valence electrons. The van der Waals surface area contributed by atoms with E-state index in [1.165, 1.54) is 0 Å². The third kappa shape index (κ3) is 3.46. The molecule has 1 aliphatic heterocycles. The van der Waals surface area contributed by atoms with Gasteiger partial charge in [0.25, 0.3) is 0 Å². The Balaban J connectivity index is 2.50. The number of nitriles is 1. The van der Waals surface area contributed by atoms with E-state index in [0.29, 0.717) is 17.0 Å². The Morgan fingerprint density at radius 2 is 1.83 bits per heavy atom. The van der Waals surface area contributed by atoms with Crippen molar-refractivity contribution in [1.29, 1.82) is 5.26 Å². The zero-order valence-corrected chi connectivity index (χ0v) is 13.5. The van der Waals surface area contributed by atoms with E-state index in [-0.39, 0.29) is 24.2 Å². The number of benzene rings is 1. The minimum Gasteiger partial charge on any atom is -0.478 e. The number of nitrogens with one attached hydrogen (secondary N) is 1. The number of aliphatic carboxylic acids is 1. The highest BCUT2D eigenvalue weighted by Gasteiger charge is 2.37. The van der Waals surface area contributed by atoms with Crippen LogP contribution in [0.2, 0.25) is 0 Å². The first-order chi connectivity index (χ1) is 11.5. The first kappa shape index (κ1) is 17.3. The first-order valence-corrected chi connectivity index (χ1v) is 7.48. The van der Waals surface area contributed by atoms with Gasteiger partial charge < -0.3 is 15.2 Å². The van der Waals surface area contributed by atoms with Gasteiger partial charge in [-0.3, -0.25) is 0 Å². The van der Waals surface area contributed by atoms with Crippen LogP contribution in [0.5, 0.6) is 0 Å². The topological polar surface area (TPSA) is 99.4 Å². The van der Waals surface area contributed by atoms with E-state index in [0.717, 1.165) is 0 Å². The number of hydrogen-bond acceptors (Lipinski definition) is 5. The fourth-order valence-electron chi connectivity index (χ4n) is 2.79. The molecule has 1 aliphatic rings. The molecule has 1 heterocycles. The summed E-state index contributed by atoms with van der Waals surface area (Å²) in [4.78, 5) is 24.3. The molecular weight excluding hydrogens is 308 g/mol. The molecule has 0 bridgehead atoms. The third-order valence-corrected chi connectivity index (χ3v) is 3.79. The summed E-state index contributed by atoms with van der Waals surface area (Å²) in [6.07, 6.45) is 0.0855. The van der Waals surface area contributed by atoms with Gasteiger partial charge in [0.2, 0.25) is 0 Å². The monoisotopic (exact) mass is 326 g/mol. The Morgan fingerprint density at radius 3 is 2.42 bits per heavy atom. The molecule has 2 N–H and O–H groups in total. The Kier molecular flexibility index (Phi) is 5.38. The molecule has 1 aromatic carbocycles. The van der Waals surface area contributed by atoms with Crippen molar-refractivity contribution in [3.8, 4) is 6.07 Å². The molecule has 0 saturated heterocycles. The number of dihydropyridines is 1. The van der Waals surface area contributed by atoms with E-state index in [1.807, 2.05) is 12.1 Å². The molecule has 0 spiro atoms. The molecule has 0 saturated carbocycles. The number of carbonyl (C=O) groups excluding carboxylic acids is 1. The highest BCUT2D eigenvalue weighted by Crippen LogP contribution is 2.38. The van der Waals surface area contributed by atoms with Crippen molar-refractivity contribution in [1.82, 2.24) is 5.32 Å². The molecule has 24 heavy (non-hydrogen) atoms. The normalized spacial score (nSPS) is 17.1. The van der Waals surface area contributed by atoms with Crippen LogP contribution in [0, 0.1) is 11.3 Å². The maximum atomic E-state index is 12.5. The second-order valence-corrected chi connectivity index (χ2v) is 5.40. The second-order valence-electron chi connectivity index (χ2n) is 5.40. The van der Waals surface area contributed by atoms with Crippen molar-refractivity contribution >= 4 is 11.9 Å². The average Bonchev–Trinajstić information content (AvgIpc) is 2.54. The molecule has 6 nitrogen and oxygen atoms in total. The quantitative estimate of drug-likeness (QED) is 0.637. The summed E-state index contributed by atoms with van der Waals surface area (Å²) in [6, 6.07) is 10.9. The number of nitrogens with zero attached hydrogens (tertiary/aromatic N) is 1. The lowest BCUT2D eigenvalue weighted by atomic mass is 9.80. The van der Waals surface area contributed by atoms with E-state index in [2.05, 4.69) is 5.32 Å². The highest BCUT2D eigenvalue weighted by molar-refractivity contribution is 5.99. The molecule has 0 aromatic heterocycles. The number of allylic oxidation sites excluding steroid dienone is 2. The van der Waals surface area contributed by atoms with Crippen LogP contribution in [-0.4, -0.2) is 23.7 Å². The third-order valence-electron chi connectivity index (χ3n) is 3.79. The molecule has 6 heteroatoms.